The van der Waals surface area contributed by atoms with Gasteiger partial charge in [-0.15, -0.1) is 6.58 Å². The molecule has 10 nitrogen and oxygen atoms in total. The highest BCUT2D eigenvalue weighted by Gasteiger charge is 2.48. The number of esters is 1. The molecule has 0 aliphatic carbocycles. The fourth-order valence-corrected chi connectivity index (χ4v) is 6.54. The summed E-state index contributed by atoms with van der Waals surface area (Å²) in [7, 11) is 0. The molecular formula is C37H38N4O6. The number of hydrogen-bond acceptors (Lipinski definition) is 6. The molecule has 1 saturated heterocycles. The molecule has 0 saturated carbocycles. The van der Waals surface area contributed by atoms with Gasteiger partial charge in [-0.2, -0.15) is 0 Å². The van der Waals surface area contributed by atoms with Crippen LogP contribution in [-0.4, -0.2) is 71.3 Å². The van der Waals surface area contributed by atoms with Gasteiger partial charge in [0.2, 0.25) is 5.91 Å². The third kappa shape index (κ3) is 6.49. The van der Waals surface area contributed by atoms with Crippen molar-refractivity contribution in [2.75, 3.05) is 32.8 Å². The lowest BCUT2D eigenvalue weighted by molar-refractivity contribution is -0.152. The minimum atomic E-state index is -0.928. The van der Waals surface area contributed by atoms with E-state index in [-0.39, 0.29) is 42.8 Å². The number of piperidine rings is 1. The Bertz CT molecular complexity index is 1680. The SMILES string of the molecule is C=CCN1C(=O)NC(c2cccc(Oc3ccccc3)c2)C2=C1CN(C(C(=O)N1CCC(C(=O)OCC)CC1)c1ccccc1)C2=O. The summed E-state index contributed by atoms with van der Waals surface area (Å²) in [5.74, 6) is 0.156. The molecule has 3 aliphatic heterocycles. The standard InChI is InChI=1S/C37H38N4O6/c1-3-20-40-30-24-41(33(25-12-7-5-8-13-25)35(43)39-21-18-26(19-22-39)36(44)46-4-2)34(42)31(30)32(38-37(40)45)27-14-11-17-29(23-27)47-28-15-9-6-10-16-28/h3,5-17,23,26,32-33H,1,4,18-22,24H2,2H3,(H,38,45). The number of benzene rings is 3. The Kier molecular flexibility index (Phi) is 9.37. The normalized spacial score (nSPS) is 18.8. The van der Waals surface area contributed by atoms with Crippen LogP contribution in [0.4, 0.5) is 4.79 Å². The van der Waals surface area contributed by atoms with Crippen LogP contribution < -0.4 is 10.1 Å². The van der Waals surface area contributed by atoms with Crippen LogP contribution in [0.3, 0.4) is 0 Å². The van der Waals surface area contributed by atoms with Crippen molar-refractivity contribution in [2.45, 2.75) is 31.8 Å². The van der Waals surface area contributed by atoms with Crippen LogP contribution >= 0.6 is 0 Å². The van der Waals surface area contributed by atoms with Gasteiger partial charge < -0.3 is 24.6 Å². The molecule has 0 bridgehead atoms. The first-order valence-electron chi connectivity index (χ1n) is 16.0. The summed E-state index contributed by atoms with van der Waals surface area (Å²) in [6.07, 6.45) is 2.59. The highest BCUT2D eigenvalue weighted by molar-refractivity contribution is 6.04. The first-order chi connectivity index (χ1) is 22.9. The maximum atomic E-state index is 14.6. The van der Waals surface area contributed by atoms with E-state index in [9.17, 15) is 19.2 Å². The van der Waals surface area contributed by atoms with E-state index in [0.29, 0.717) is 66.4 Å². The van der Waals surface area contributed by atoms with E-state index in [0.717, 1.165) is 0 Å². The van der Waals surface area contributed by atoms with E-state index in [2.05, 4.69) is 11.9 Å². The predicted molar refractivity (Wildman–Crippen MR) is 175 cm³/mol. The number of amides is 4. The van der Waals surface area contributed by atoms with Gasteiger partial charge in [0.15, 0.2) is 0 Å². The molecule has 0 aromatic heterocycles. The average Bonchev–Trinajstić information content (AvgIpc) is 3.43. The fraction of sp³-hybridized carbons (Fsp3) is 0.297. The molecule has 10 heteroatoms. The second kappa shape index (κ2) is 13.9. The van der Waals surface area contributed by atoms with Crippen molar-refractivity contribution in [3.8, 4) is 11.5 Å². The lowest BCUT2D eigenvalue weighted by Gasteiger charge is -2.36. The van der Waals surface area contributed by atoms with Crippen LogP contribution in [0, 0.1) is 5.92 Å². The van der Waals surface area contributed by atoms with Crippen molar-refractivity contribution >= 4 is 23.8 Å². The Labute approximate surface area is 274 Å². The lowest BCUT2D eigenvalue weighted by Crippen LogP contribution is -2.48. The van der Waals surface area contributed by atoms with Gasteiger partial charge in [0, 0.05) is 19.6 Å². The van der Waals surface area contributed by atoms with Gasteiger partial charge >= 0.3 is 12.0 Å². The number of ether oxygens (including phenoxy) is 2. The Morgan fingerprint density at radius 2 is 1.64 bits per heavy atom. The molecular weight excluding hydrogens is 596 g/mol. The molecule has 3 aliphatic rings. The van der Waals surface area contributed by atoms with E-state index < -0.39 is 12.1 Å². The third-order valence-corrected chi connectivity index (χ3v) is 8.82. The number of urea groups is 1. The van der Waals surface area contributed by atoms with Gasteiger partial charge in [-0.1, -0.05) is 66.7 Å². The molecule has 0 spiro atoms. The highest BCUT2D eigenvalue weighted by Crippen LogP contribution is 2.41. The number of nitrogens with zero attached hydrogens (tertiary/aromatic N) is 3. The number of carbonyl (C=O) groups excluding carboxylic acids is 4. The summed E-state index contributed by atoms with van der Waals surface area (Å²) in [6, 6.07) is 23.8. The minimum Gasteiger partial charge on any atom is -0.466 e. The second-order valence-electron chi connectivity index (χ2n) is 11.7. The predicted octanol–water partition coefficient (Wildman–Crippen LogP) is 5.37. The van der Waals surface area contributed by atoms with Crippen LogP contribution in [0.5, 0.6) is 11.5 Å². The molecule has 3 aromatic carbocycles. The molecule has 1 fully saturated rings. The van der Waals surface area contributed by atoms with Crippen molar-refractivity contribution in [3.63, 3.8) is 0 Å². The van der Waals surface area contributed by atoms with Crippen LogP contribution in [0.2, 0.25) is 0 Å². The van der Waals surface area contributed by atoms with E-state index in [4.69, 9.17) is 9.47 Å². The summed E-state index contributed by atoms with van der Waals surface area (Å²) < 4.78 is 11.3. The minimum absolute atomic E-state index is 0.0662. The summed E-state index contributed by atoms with van der Waals surface area (Å²) in [5, 5.41) is 3.02. The van der Waals surface area contributed by atoms with Crippen molar-refractivity contribution in [2.24, 2.45) is 5.92 Å². The molecule has 47 heavy (non-hydrogen) atoms. The van der Waals surface area contributed by atoms with Gasteiger partial charge in [-0.25, -0.2) is 4.79 Å². The molecule has 2 atom stereocenters. The number of likely N-dealkylation sites (tertiary alicyclic amines) is 1. The van der Waals surface area contributed by atoms with E-state index >= 15 is 0 Å². The topological polar surface area (TPSA) is 108 Å². The number of para-hydroxylation sites is 1. The number of rotatable bonds is 10. The molecule has 0 radical (unpaired) electrons. The van der Waals surface area contributed by atoms with Gasteiger partial charge in [0.1, 0.15) is 17.5 Å². The van der Waals surface area contributed by atoms with Crippen molar-refractivity contribution in [1.82, 2.24) is 20.0 Å². The van der Waals surface area contributed by atoms with Crippen LogP contribution in [-0.2, 0) is 19.1 Å². The molecule has 6 rings (SSSR count). The Morgan fingerprint density at radius 1 is 0.957 bits per heavy atom. The first kappa shape index (κ1) is 31.6. The third-order valence-electron chi connectivity index (χ3n) is 8.82. The zero-order valence-electron chi connectivity index (χ0n) is 26.3. The van der Waals surface area contributed by atoms with Crippen LogP contribution in [0.25, 0.3) is 0 Å². The Hall–Kier alpha value is -5.38. The molecule has 3 aromatic rings. The maximum absolute atomic E-state index is 14.6. The van der Waals surface area contributed by atoms with Gasteiger partial charge in [-0.05, 0) is 55.2 Å². The van der Waals surface area contributed by atoms with Crippen molar-refractivity contribution in [3.05, 3.63) is 120 Å². The maximum Gasteiger partial charge on any atom is 0.322 e. The molecule has 2 unspecified atom stereocenters. The Balaban J connectivity index is 1.32. The largest absolute Gasteiger partial charge is 0.466 e. The van der Waals surface area contributed by atoms with Gasteiger partial charge in [0.25, 0.3) is 5.91 Å². The van der Waals surface area contributed by atoms with Crippen molar-refractivity contribution in [1.29, 1.82) is 0 Å². The molecule has 3 heterocycles. The molecule has 1 N–H and O–H groups in total. The fourth-order valence-electron chi connectivity index (χ4n) is 6.54. The van der Waals surface area contributed by atoms with Crippen molar-refractivity contribution < 1.29 is 28.7 Å². The quantitative estimate of drug-likeness (QED) is 0.237. The zero-order valence-corrected chi connectivity index (χ0v) is 26.3. The number of hydrogen-bond donors (Lipinski definition) is 1. The smallest absolute Gasteiger partial charge is 0.322 e. The molecule has 4 amide bonds. The van der Waals surface area contributed by atoms with Crippen LogP contribution in [0.15, 0.2) is 109 Å². The highest BCUT2D eigenvalue weighted by atomic mass is 16.5. The first-order valence-corrected chi connectivity index (χ1v) is 16.0. The van der Waals surface area contributed by atoms with E-state index in [1.165, 1.54) is 4.90 Å². The number of carbonyl (C=O) groups is 4. The van der Waals surface area contributed by atoms with E-state index in [1.54, 1.807) is 22.8 Å². The monoisotopic (exact) mass is 634 g/mol. The summed E-state index contributed by atoms with van der Waals surface area (Å²) in [6.45, 7) is 6.92. The summed E-state index contributed by atoms with van der Waals surface area (Å²) >= 11 is 0. The second-order valence-corrected chi connectivity index (χ2v) is 11.7. The Morgan fingerprint density at radius 3 is 2.32 bits per heavy atom. The lowest BCUT2D eigenvalue weighted by atomic mass is 9.94. The van der Waals surface area contributed by atoms with Gasteiger partial charge in [-0.3, -0.25) is 19.3 Å². The number of nitrogens with one attached hydrogen (secondary N) is 1. The molecule has 242 valence electrons. The van der Waals surface area contributed by atoms with Crippen LogP contribution in [0.1, 0.15) is 43.0 Å². The summed E-state index contributed by atoms with van der Waals surface area (Å²) in [5.41, 5.74) is 2.28. The summed E-state index contributed by atoms with van der Waals surface area (Å²) in [4.78, 5) is 59.6. The van der Waals surface area contributed by atoms with E-state index in [1.807, 2.05) is 84.9 Å². The van der Waals surface area contributed by atoms with Gasteiger partial charge in [0.05, 0.1) is 36.4 Å². The zero-order chi connectivity index (χ0) is 32.9. The average molecular weight is 635 g/mol.